The van der Waals surface area contributed by atoms with Gasteiger partial charge in [-0.1, -0.05) is 136 Å². The van der Waals surface area contributed by atoms with E-state index < -0.39 is 0 Å². The van der Waals surface area contributed by atoms with Crippen molar-refractivity contribution in [3.63, 3.8) is 0 Å². The molecule has 5 aromatic carbocycles. The van der Waals surface area contributed by atoms with E-state index in [0.717, 1.165) is 39.4 Å². The van der Waals surface area contributed by atoms with Crippen LogP contribution in [-0.4, -0.2) is 7.11 Å². The molecule has 44 heavy (non-hydrogen) atoms. The quantitative estimate of drug-likeness (QED) is 0.136. The van der Waals surface area contributed by atoms with Crippen LogP contribution in [-0.2, 0) is 6.42 Å². The summed E-state index contributed by atoms with van der Waals surface area (Å²) in [7, 11) is 1.68. The third-order valence-corrected chi connectivity index (χ3v) is 7.75. The number of benzene rings is 5. The summed E-state index contributed by atoms with van der Waals surface area (Å²) < 4.78 is 5.36. The number of hydrogen-bond acceptors (Lipinski definition) is 2. The van der Waals surface area contributed by atoms with Crippen LogP contribution in [0.2, 0.25) is 0 Å². The molecule has 0 saturated heterocycles. The Kier molecular flexibility index (Phi) is 12.6. The molecular formula is C42H45NO. The number of hydrogen-bond donors (Lipinski definition) is 0. The van der Waals surface area contributed by atoms with Crippen molar-refractivity contribution in [3.8, 4) is 5.75 Å². The zero-order valence-electron chi connectivity index (χ0n) is 26.5. The van der Waals surface area contributed by atoms with Crippen molar-refractivity contribution in [2.24, 2.45) is 0 Å². The number of rotatable bonds is 12. The fourth-order valence-corrected chi connectivity index (χ4v) is 5.13. The largest absolute Gasteiger partial charge is 0.497 e. The normalized spacial score (nSPS) is 10.2. The van der Waals surface area contributed by atoms with Gasteiger partial charge in [-0.05, 0) is 84.0 Å². The van der Waals surface area contributed by atoms with Crippen molar-refractivity contribution in [3.05, 3.63) is 174 Å². The van der Waals surface area contributed by atoms with E-state index in [1.54, 1.807) is 7.11 Å². The molecule has 5 aromatic rings. The molecule has 224 valence electrons. The maximum Gasteiger partial charge on any atom is 0.119 e. The van der Waals surface area contributed by atoms with Crippen LogP contribution < -0.4 is 9.64 Å². The maximum atomic E-state index is 5.36. The van der Waals surface area contributed by atoms with Crippen LogP contribution in [0.1, 0.15) is 60.4 Å². The summed E-state index contributed by atoms with van der Waals surface area (Å²) >= 11 is 0. The summed E-state index contributed by atoms with van der Waals surface area (Å²) in [5.74, 6) is 0.834. The van der Waals surface area contributed by atoms with Gasteiger partial charge in [0.05, 0.1) is 7.11 Å². The zero-order valence-corrected chi connectivity index (χ0v) is 26.5. The summed E-state index contributed by atoms with van der Waals surface area (Å²) in [6.45, 7) is 8.33. The second kappa shape index (κ2) is 17.3. The first-order valence-electron chi connectivity index (χ1n) is 15.7. The molecule has 0 saturated carbocycles. The predicted octanol–water partition coefficient (Wildman–Crippen LogP) is 11.7. The minimum Gasteiger partial charge on any atom is -0.497 e. The molecule has 0 bridgehead atoms. The fourth-order valence-electron chi connectivity index (χ4n) is 5.13. The predicted molar refractivity (Wildman–Crippen MR) is 191 cm³/mol. The van der Waals surface area contributed by atoms with E-state index in [4.69, 9.17) is 4.74 Å². The molecule has 0 aliphatic rings. The van der Waals surface area contributed by atoms with Gasteiger partial charge in [-0.3, -0.25) is 0 Å². The van der Waals surface area contributed by atoms with E-state index in [1.807, 2.05) is 30.3 Å². The Morgan fingerprint density at radius 1 is 0.659 bits per heavy atom. The van der Waals surface area contributed by atoms with Gasteiger partial charge in [-0.15, -0.1) is 0 Å². The summed E-state index contributed by atoms with van der Waals surface area (Å²) in [5.41, 5.74) is 9.65. The molecule has 0 heterocycles. The van der Waals surface area contributed by atoms with Crippen LogP contribution in [0.3, 0.4) is 0 Å². The second-order valence-corrected chi connectivity index (χ2v) is 10.9. The van der Waals surface area contributed by atoms with Gasteiger partial charge < -0.3 is 9.64 Å². The average Bonchev–Trinajstić information content (AvgIpc) is 3.09. The molecule has 0 aliphatic heterocycles. The number of ether oxygens (including phenoxy) is 1. The summed E-state index contributed by atoms with van der Waals surface area (Å²) in [6, 6.07) is 46.2. The van der Waals surface area contributed by atoms with Gasteiger partial charge in [0.1, 0.15) is 5.75 Å². The molecule has 0 amide bonds. The van der Waals surface area contributed by atoms with Crippen LogP contribution >= 0.6 is 0 Å². The third kappa shape index (κ3) is 9.34. The number of unbranched alkanes of at least 4 members (excludes halogenated alkanes) is 3. The van der Waals surface area contributed by atoms with Crippen molar-refractivity contribution in [2.75, 3.05) is 12.0 Å². The topological polar surface area (TPSA) is 12.5 Å². The molecule has 2 nitrogen and oxygen atoms in total. The van der Waals surface area contributed by atoms with Crippen LogP contribution in [0.25, 0.3) is 11.6 Å². The molecule has 0 spiro atoms. The van der Waals surface area contributed by atoms with Crippen molar-refractivity contribution >= 4 is 23.0 Å². The molecule has 2 heteroatoms. The van der Waals surface area contributed by atoms with Gasteiger partial charge in [0.2, 0.25) is 0 Å². The standard InChI is InChI=1S/C29H25NO.C13H20/c1-3-23-14-16-26(17-15-23)30(27-18-20-28(31-2)21-19-27)22-29(24-10-6-4-7-11-24)25-12-8-5-9-13-25;1-3-4-5-6-10-13-11-8-7-9-12(13)2/h3-22H,1H2,2H3;7-9,11H,3-6,10H2,1-2H3. The minimum absolute atomic E-state index is 0.834. The Hall–Kier alpha value is -4.82. The van der Waals surface area contributed by atoms with Crippen LogP contribution in [0.5, 0.6) is 5.75 Å². The van der Waals surface area contributed by atoms with Gasteiger partial charge in [-0.25, -0.2) is 0 Å². The number of aryl methyl sites for hydroxylation is 2. The van der Waals surface area contributed by atoms with Crippen molar-refractivity contribution in [1.82, 2.24) is 0 Å². The molecule has 0 aliphatic carbocycles. The highest BCUT2D eigenvalue weighted by Gasteiger charge is 2.12. The molecular weight excluding hydrogens is 534 g/mol. The lowest BCUT2D eigenvalue weighted by Crippen LogP contribution is -2.10. The van der Waals surface area contributed by atoms with E-state index in [0.29, 0.717) is 0 Å². The monoisotopic (exact) mass is 579 g/mol. The van der Waals surface area contributed by atoms with Gasteiger partial charge in [0, 0.05) is 23.1 Å². The highest BCUT2D eigenvalue weighted by Crippen LogP contribution is 2.32. The highest BCUT2D eigenvalue weighted by atomic mass is 16.5. The zero-order chi connectivity index (χ0) is 31.0. The van der Waals surface area contributed by atoms with Gasteiger partial charge in [0.25, 0.3) is 0 Å². The lowest BCUT2D eigenvalue weighted by atomic mass is 9.98. The first-order valence-corrected chi connectivity index (χ1v) is 15.7. The Labute approximate surface area is 265 Å². The Morgan fingerprint density at radius 2 is 1.20 bits per heavy atom. The fraction of sp³-hybridized carbons (Fsp3) is 0.190. The van der Waals surface area contributed by atoms with Crippen LogP contribution in [0, 0.1) is 6.92 Å². The Bertz CT molecular complexity index is 1530. The second-order valence-electron chi connectivity index (χ2n) is 10.9. The smallest absolute Gasteiger partial charge is 0.119 e. The average molecular weight is 580 g/mol. The first-order chi connectivity index (χ1) is 21.6. The molecule has 0 fully saturated rings. The maximum absolute atomic E-state index is 5.36. The van der Waals surface area contributed by atoms with E-state index >= 15 is 0 Å². The minimum atomic E-state index is 0.834. The molecule has 0 unspecified atom stereocenters. The molecule has 5 rings (SSSR count). The van der Waals surface area contributed by atoms with E-state index in [1.165, 1.54) is 43.2 Å². The number of anilines is 2. The summed E-state index contributed by atoms with van der Waals surface area (Å²) in [5, 5.41) is 0. The lowest BCUT2D eigenvalue weighted by molar-refractivity contribution is 0.415. The van der Waals surface area contributed by atoms with Gasteiger partial charge in [-0.2, -0.15) is 0 Å². The Balaban J connectivity index is 0.000000285. The Morgan fingerprint density at radius 3 is 1.73 bits per heavy atom. The SMILES string of the molecule is C=Cc1ccc(N(C=C(c2ccccc2)c2ccccc2)c2ccc(OC)cc2)cc1.CCCCCCc1ccccc1C. The lowest BCUT2D eigenvalue weighted by Gasteiger charge is -2.24. The number of methoxy groups -OCH3 is 1. The van der Waals surface area contributed by atoms with Crippen molar-refractivity contribution in [2.45, 2.75) is 46.0 Å². The highest BCUT2D eigenvalue weighted by molar-refractivity contribution is 5.84. The van der Waals surface area contributed by atoms with E-state index in [9.17, 15) is 0 Å². The summed E-state index contributed by atoms with van der Waals surface area (Å²) in [4.78, 5) is 2.21. The first kappa shape index (κ1) is 32.1. The molecule has 0 N–H and O–H groups in total. The van der Waals surface area contributed by atoms with Gasteiger partial charge in [0.15, 0.2) is 0 Å². The van der Waals surface area contributed by atoms with E-state index in [-0.39, 0.29) is 0 Å². The summed E-state index contributed by atoms with van der Waals surface area (Å²) in [6.07, 6.45) is 10.8. The molecule has 0 atom stereocenters. The molecule has 0 radical (unpaired) electrons. The van der Waals surface area contributed by atoms with Crippen LogP contribution in [0.4, 0.5) is 11.4 Å². The van der Waals surface area contributed by atoms with Crippen molar-refractivity contribution in [1.29, 1.82) is 0 Å². The van der Waals surface area contributed by atoms with E-state index in [2.05, 4.69) is 141 Å². The van der Waals surface area contributed by atoms with Crippen molar-refractivity contribution < 1.29 is 4.74 Å². The van der Waals surface area contributed by atoms with Crippen LogP contribution in [0.15, 0.2) is 146 Å². The third-order valence-electron chi connectivity index (χ3n) is 7.75. The van der Waals surface area contributed by atoms with Gasteiger partial charge >= 0.3 is 0 Å². The molecule has 0 aromatic heterocycles. The number of nitrogens with zero attached hydrogens (tertiary/aromatic N) is 1.